The number of hydrogen-bond acceptors (Lipinski definition) is 3. The number of hydrogen-bond donors (Lipinski definition) is 2. The van der Waals surface area contributed by atoms with Crippen LogP contribution in [0, 0.1) is 0 Å². The maximum absolute atomic E-state index is 10.8. The lowest BCUT2D eigenvalue weighted by Crippen LogP contribution is -2.27. The Morgan fingerprint density at radius 2 is 2.11 bits per heavy atom. The molecule has 3 N–H and O–H groups in total. The largest absolute Gasteiger partial charge is 0.492 e. The summed E-state index contributed by atoms with van der Waals surface area (Å²) < 4.78 is 5.64. The summed E-state index contributed by atoms with van der Waals surface area (Å²) in [5.74, 6) is 0.787. The van der Waals surface area contributed by atoms with Gasteiger partial charge >= 0.3 is 6.03 Å². The number of nitrogens with zero attached hydrogens (tertiary/aromatic N) is 1. The van der Waals surface area contributed by atoms with E-state index in [2.05, 4.69) is 10.5 Å². The Balaban J connectivity index is 2.18. The van der Waals surface area contributed by atoms with Gasteiger partial charge in [0.25, 0.3) is 0 Å². The average Bonchev–Trinajstić information content (AvgIpc) is 2.44. The molecule has 0 unspecified atom stereocenters. The molecule has 3 rings (SSSR count). The first kappa shape index (κ1) is 11.5. The van der Waals surface area contributed by atoms with Gasteiger partial charge in [0, 0.05) is 12.0 Å². The number of primary amides is 1. The summed E-state index contributed by atoms with van der Waals surface area (Å²) in [7, 11) is 0. The maximum Gasteiger partial charge on any atom is 0.332 e. The number of nitrogens with one attached hydrogen (secondary N) is 1. The van der Waals surface area contributed by atoms with Crippen molar-refractivity contribution in [2.45, 2.75) is 6.42 Å². The minimum atomic E-state index is -0.666. The number of carbonyl (C=O) groups is 1. The molecule has 0 fully saturated rings. The number of ether oxygens (including phenoxy) is 1. The molecule has 96 valence electrons. The zero-order valence-corrected chi connectivity index (χ0v) is 10.2. The summed E-state index contributed by atoms with van der Waals surface area (Å²) in [6.45, 7) is 0.546. The van der Waals surface area contributed by atoms with Crippen LogP contribution in [0.4, 0.5) is 4.79 Å². The van der Waals surface area contributed by atoms with Gasteiger partial charge in [-0.2, -0.15) is 5.10 Å². The standard InChI is InChI=1S/C14H13N3O2/c15-14(18)17-16-11-7-8-19-12-6-5-9-3-1-2-4-10(9)13(11)12/h1-6H,7-8H2,(H3,15,17,18)/b16-11+. The summed E-state index contributed by atoms with van der Waals surface area (Å²) in [6, 6.07) is 11.3. The number of nitrogens with two attached hydrogens (primary N) is 1. The van der Waals surface area contributed by atoms with Crippen LogP contribution in [0.5, 0.6) is 5.75 Å². The third-order valence-electron chi connectivity index (χ3n) is 3.08. The molecule has 0 aromatic heterocycles. The first-order valence-corrected chi connectivity index (χ1v) is 6.02. The molecule has 0 saturated carbocycles. The van der Waals surface area contributed by atoms with E-state index in [0.717, 1.165) is 27.8 Å². The molecule has 2 aromatic carbocycles. The molecule has 19 heavy (non-hydrogen) atoms. The van der Waals surface area contributed by atoms with E-state index < -0.39 is 6.03 Å². The summed E-state index contributed by atoms with van der Waals surface area (Å²) in [5.41, 5.74) is 9.06. The van der Waals surface area contributed by atoms with Crippen molar-refractivity contribution in [1.29, 1.82) is 0 Å². The summed E-state index contributed by atoms with van der Waals surface area (Å²) in [4.78, 5) is 10.8. The van der Waals surface area contributed by atoms with Crippen LogP contribution >= 0.6 is 0 Å². The summed E-state index contributed by atoms with van der Waals surface area (Å²) in [6.07, 6.45) is 0.640. The molecule has 0 atom stereocenters. The second-order valence-electron chi connectivity index (χ2n) is 4.29. The Hall–Kier alpha value is -2.56. The van der Waals surface area contributed by atoms with Gasteiger partial charge in [0.15, 0.2) is 0 Å². The number of benzene rings is 2. The van der Waals surface area contributed by atoms with Crippen LogP contribution in [0.2, 0.25) is 0 Å². The lowest BCUT2D eigenvalue weighted by molar-refractivity contribution is 0.249. The van der Waals surface area contributed by atoms with E-state index in [1.807, 2.05) is 36.4 Å². The molecular formula is C14H13N3O2. The molecule has 0 saturated heterocycles. The first-order valence-electron chi connectivity index (χ1n) is 6.02. The molecule has 5 nitrogen and oxygen atoms in total. The maximum atomic E-state index is 10.8. The quantitative estimate of drug-likeness (QED) is 0.764. The van der Waals surface area contributed by atoms with Gasteiger partial charge in [0.2, 0.25) is 0 Å². The second kappa shape index (κ2) is 4.61. The highest BCUT2D eigenvalue weighted by Crippen LogP contribution is 2.32. The number of urea groups is 1. The smallest absolute Gasteiger partial charge is 0.332 e. The SMILES string of the molecule is NC(=O)N/N=C1\CCOc2ccc3ccccc3c21. The molecule has 2 amide bonds. The van der Waals surface area contributed by atoms with Crippen LogP contribution in [-0.2, 0) is 0 Å². The fraction of sp³-hybridized carbons (Fsp3) is 0.143. The van der Waals surface area contributed by atoms with Gasteiger partial charge in [-0.05, 0) is 16.8 Å². The van der Waals surface area contributed by atoms with Crippen molar-refractivity contribution in [2.75, 3.05) is 6.61 Å². The zero-order chi connectivity index (χ0) is 13.2. The second-order valence-corrected chi connectivity index (χ2v) is 4.29. The predicted molar refractivity (Wildman–Crippen MR) is 73.3 cm³/mol. The van der Waals surface area contributed by atoms with E-state index in [4.69, 9.17) is 10.5 Å². The molecule has 0 bridgehead atoms. The molecule has 1 aliphatic heterocycles. The third-order valence-corrected chi connectivity index (χ3v) is 3.08. The highest BCUT2D eigenvalue weighted by Gasteiger charge is 2.19. The number of fused-ring (bicyclic) bond motifs is 3. The Morgan fingerprint density at radius 3 is 2.95 bits per heavy atom. The van der Waals surface area contributed by atoms with E-state index >= 15 is 0 Å². The monoisotopic (exact) mass is 255 g/mol. The fourth-order valence-electron chi connectivity index (χ4n) is 2.29. The van der Waals surface area contributed by atoms with Gasteiger partial charge in [-0.1, -0.05) is 30.3 Å². The highest BCUT2D eigenvalue weighted by atomic mass is 16.5. The Bertz CT molecular complexity index is 679. The van der Waals surface area contributed by atoms with Crippen LogP contribution in [-0.4, -0.2) is 18.3 Å². The van der Waals surface area contributed by atoms with Crippen molar-refractivity contribution < 1.29 is 9.53 Å². The van der Waals surface area contributed by atoms with Crippen molar-refractivity contribution in [3.63, 3.8) is 0 Å². The highest BCUT2D eigenvalue weighted by molar-refractivity contribution is 6.13. The third kappa shape index (κ3) is 2.10. The molecule has 0 aliphatic carbocycles. The lowest BCUT2D eigenvalue weighted by Gasteiger charge is -2.20. The Labute approximate surface area is 110 Å². The van der Waals surface area contributed by atoms with Crippen molar-refractivity contribution in [3.8, 4) is 5.75 Å². The molecule has 2 aromatic rings. The minimum Gasteiger partial charge on any atom is -0.492 e. The molecule has 1 aliphatic rings. The van der Waals surface area contributed by atoms with Crippen LogP contribution in [0.25, 0.3) is 10.8 Å². The van der Waals surface area contributed by atoms with Crippen LogP contribution in [0.1, 0.15) is 12.0 Å². The van der Waals surface area contributed by atoms with Gasteiger partial charge < -0.3 is 10.5 Å². The van der Waals surface area contributed by atoms with Gasteiger partial charge in [-0.25, -0.2) is 10.2 Å². The van der Waals surface area contributed by atoms with E-state index in [-0.39, 0.29) is 0 Å². The molecular weight excluding hydrogens is 242 g/mol. The molecule has 0 radical (unpaired) electrons. The summed E-state index contributed by atoms with van der Waals surface area (Å²) in [5, 5.41) is 6.26. The van der Waals surface area contributed by atoms with E-state index in [1.165, 1.54) is 0 Å². The van der Waals surface area contributed by atoms with Crippen LogP contribution in [0.3, 0.4) is 0 Å². The van der Waals surface area contributed by atoms with Gasteiger partial charge in [-0.15, -0.1) is 0 Å². The normalized spacial score (nSPS) is 15.9. The van der Waals surface area contributed by atoms with E-state index in [9.17, 15) is 4.79 Å². The number of rotatable bonds is 1. The average molecular weight is 255 g/mol. The summed E-state index contributed by atoms with van der Waals surface area (Å²) >= 11 is 0. The predicted octanol–water partition coefficient (Wildman–Crippen LogP) is 1.99. The minimum absolute atomic E-state index is 0.546. The molecule has 1 heterocycles. The number of hydrazone groups is 1. The molecule has 5 heteroatoms. The van der Waals surface area contributed by atoms with Crippen molar-refractivity contribution in [1.82, 2.24) is 5.43 Å². The van der Waals surface area contributed by atoms with Gasteiger partial charge in [0.05, 0.1) is 12.3 Å². The van der Waals surface area contributed by atoms with E-state index in [0.29, 0.717) is 13.0 Å². The van der Waals surface area contributed by atoms with Gasteiger partial charge in [0.1, 0.15) is 5.75 Å². The van der Waals surface area contributed by atoms with Crippen molar-refractivity contribution >= 4 is 22.5 Å². The van der Waals surface area contributed by atoms with E-state index in [1.54, 1.807) is 0 Å². The fourth-order valence-corrected chi connectivity index (χ4v) is 2.29. The zero-order valence-electron chi connectivity index (χ0n) is 10.2. The topological polar surface area (TPSA) is 76.7 Å². The first-order chi connectivity index (χ1) is 9.25. The van der Waals surface area contributed by atoms with Crippen LogP contribution < -0.4 is 15.9 Å². The molecule has 0 spiro atoms. The Morgan fingerprint density at radius 1 is 1.26 bits per heavy atom. The lowest BCUT2D eigenvalue weighted by atomic mass is 9.97. The van der Waals surface area contributed by atoms with Crippen molar-refractivity contribution in [3.05, 3.63) is 42.0 Å². The number of carbonyl (C=O) groups excluding carboxylic acids is 1. The number of amides is 2. The van der Waals surface area contributed by atoms with Gasteiger partial charge in [-0.3, -0.25) is 0 Å². The Kier molecular flexibility index (Phi) is 2.79. The van der Waals surface area contributed by atoms with Crippen molar-refractivity contribution in [2.24, 2.45) is 10.8 Å². The van der Waals surface area contributed by atoms with Crippen LogP contribution in [0.15, 0.2) is 41.5 Å².